The summed E-state index contributed by atoms with van der Waals surface area (Å²) in [6.45, 7) is 8.83. The van der Waals surface area contributed by atoms with Gasteiger partial charge in [0.05, 0.1) is 5.54 Å². The fourth-order valence-corrected chi connectivity index (χ4v) is 4.00. The highest BCUT2D eigenvalue weighted by molar-refractivity contribution is 5.69. The summed E-state index contributed by atoms with van der Waals surface area (Å²) >= 11 is 0. The molecule has 1 atom stereocenters. The van der Waals surface area contributed by atoms with Crippen molar-refractivity contribution >= 4 is 11.8 Å². The van der Waals surface area contributed by atoms with Crippen molar-refractivity contribution in [3.05, 3.63) is 83.9 Å². The van der Waals surface area contributed by atoms with Crippen LogP contribution in [0.4, 0.5) is 10.5 Å². The fraction of sp³-hybridized carbons (Fsp3) is 0.321. The van der Waals surface area contributed by atoms with Crippen molar-refractivity contribution in [2.75, 3.05) is 12.3 Å². The predicted octanol–water partition coefficient (Wildman–Crippen LogP) is 6.35. The number of hydrogen-bond donors (Lipinski definition) is 2. The van der Waals surface area contributed by atoms with E-state index in [1.54, 1.807) is 0 Å². The Balaban J connectivity index is 1.65. The summed E-state index contributed by atoms with van der Waals surface area (Å²) in [6, 6.07) is 23.6. The molecule has 33 heavy (non-hydrogen) atoms. The summed E-state index contributed by atoms with van der Waals surface area (Å²) in [6.07, 6.45) is 0.313. The van der Waals surface area contributed by atoms with Gasteiger partial charge in [-0.2, -0.15) is 0 Å². The molecule has 3 N–H and O–H groups in total. The molecule has 5 nitrogen and oxygen atoms in total. The second-order valence-electron chi connectivity index (χ2n) is 9.24. The zero-order valence-corrected chi connectivity index (χ0v) is 19.9. The van der Waals surface area contributed by atoms with Gasteiger partial charge in [0.25, 0.3) is 0 Å². The molecule has 0 fully saturated rings. The molecule has 0 spiro atoms. The Morgan fingerprint density at radius 2 is 1.73 bits per heavy atom. The highest BCUT2D eigenvalue weighted by Gasteiger charge is 2.29. The van der Waals surface area contributed by atoms with Gasteiger partial charge in [0, 0.05) is 5.69 Å². The predicted molar refractivity (Wildman–Crippen MR) is 134 cm³/mol. The lowest BCUT2D eigenvalue weighted by molar-refractivity contribution is 0.109. The molecule has 0 heterocycles. The number of alkyl carbamates (subject to hydrolysis) is 1. The normalized spacial score (nSPS) is 12.8. The number of nitrogens with one attached hydrogen (secondary N) is 1. The monoisotopic (exact) mass is 446 g/mol. The van der Waals surface area contributed by atoms with E-state index in [9.17, 15) is 4.79 Å². The molecule has 3 rings (SSSR count). The van der Waals surface area contributed by atoms with Gasteiger partial charge < -0.3 is 20.5 Å². The lowest BCUT2D eigenvalue weighted by atomic mass is 9.91. The van der Waals surface area contributed by atoms with E-state index in [4.69, 9.17) is 15.2 Å². The van der Waals surface area contributed by atoms with Crippen LogP contribution in [0.2, 0.25) is 0 Å². The molecule has 3 aromatic carbocycles. The van der Waals surface area contributed by atoms with E-state index in [0.29, 0.717) is 12.5 Å². The number of carbonyl (C=O) groups excluding carboxylic acids is 1. The van der Waals surface area contributed by atoms with Gasteiger partial charge in [0.2, 0.25) is 0 Å². The largest absolute Gasteiger partial charge is 0.491 e. The number of aryl methyl sites for hydroxylation is 1. The molecule has 0 aliphatic heterocycles. The molecule has 174 valence electrons. The van der Waals surface area contributed by atoms with Crippen LogP contribution >= 0.6 is 0 Å². The van der Waals surface area contributed by atoms with E-state index < -0.39 is 11.6 Å². The minimum absolute atomic E-state index is 0.232. The third-order valence-electron chi connectivity index (χ3n) is 5.42. The lowest BCUT2D eigenvalue weighted by Crippen LogP contribution is -2.51. The number of benzene rings is 3. The number of nitrogens with two attached hydrogens (primary N) is 1. The number of ether oxygens (including phenoxy) is 2. The smallest absolute Gasteiger partial charge is 0.408 e. The third kappa shape index (κ3) is 7.28. The molecule has 0 saturated heterocycles. The summed E-state index contributed by atoms with van der Waals surface area (Å²) in [4.78, 5) is 12.5. The highest BCUT2D eigenvalue weighted by atomic mass is 16.5. The van der Waals surface area contributed by atoms with Crippen LogP contribution in [-0.4, -0.2) is 18.2 Å². The van der Waals surface area contributed by atoms with E-state index in [0.717, 1.165) is 40.1 Å². The second-order valence-corrected chi connectivity index (χ2v) is 9.24. The molecule has 1 amide bonds. The SMILES string of the molecule is Cc1cc(-c2cccc(N)c2)ccc1OCC(C)(CC(C)C)NC(=O)OCc1ccccc1. The molecule has 0 aliphatic rings. The Morgan fingerprint density at radius 3 is 2.39 bits per heavy atom. The summed E-state index contributed by atoms with van der Waals surface area (Å²) < 4.78 is 11.6. The van der Waals surface area contributed by atoms with Crippen molar-refractivity contribution in [2.45, 2.75) is 46.3 Å². The first kappa shape index (κ1) is 24.2. The maximum Gasteiger partial charge on any atom is 0.408 e. The fourth-order valence-electron chi connectivity index (χ4n) is 4.00. The van der Waals surface area contributed by atoms with Crippen LogP contribution in [0.25, 0.3) is 11.1 Å². The molecule has 1 unspecified atom stereocenters. The van der Waals surface area contributed by atoms with E-state index in [1.165, 1.54) is 0 Å². The Bertz CT molecular complexity index is 1070. The first-order valence-electron chi connectivity index (χ1n) is 11.3. The van der Waals surface area contributed by atoms with E-state index >= 15 is 0 Å². The summed E-state index contributed by atoms with van der Waals surface area (Å²) in [5.74, 6) is 1.16. The van der Waals surface area contributed by atoms with Gasteiger partial charge >= 0.3 is 6.09 Å². The number of rotatable bonds is 9. The van der Waals surface area contributed by atoms with Crippen molar-refractivity contribution in [1.82, 2.24) is 5.32 Å². The molecular weight excluding hydrogens is 412 g/mol. The number of amides is 1. The van der Waals surface area contributed by atoms with Crippen LogP contribution in [-0.2, 0) is 11.3 Å². The Kier molecular flexibility index (Phi) is 7.99. The zero-order valence-electron chi connectivity index (χ0n) is 19.9. The first-order valence-corrected chi connectivity index (χ1v) is 11.3. The number of hydrogen-bond acceptors (Lipinski definition) is 4. The quantitative estimate of drug-likeness (QED) is 0.375. The van der Waals surface area contributed by atoms with Gasteiger partial charge in [-0.3, -0.25) is 0 Å². The van der Waals surface area contributed by atoms with Crippen LogP contribution in [0, 0.1) is 12.8 Å². The summed E-state index contributed by atoms with van der Waals surface area (Å²) in [5.41, 5.74) is 10.2. The van der Waals surface area contributed by atoms with Crippen molar-refractivity contribution in [3.63, 3.8) is 0 Å². The zero-order chi connectivity index (χ0) is 23.8. The minimum atomic E-state index is -0.569. The summed E-state index contributed by atoms with van der Waals surface area (Å²) in [7, 11) is 0. The van der Waals surface area contributed by atoms with Crippen LogP contribution < -0.4 is 15.8 Å². The molecule has 0 aromatic heterocycles. The summed E-state index contributed by atoms with van der Waals surface area (Å²) in [5, 5.41) is 3.03. The molecule has 0 aliphatic carbocycles. The van der Waals surface area contributed by atoms with Crippen LogP contribution in [0.15, 0.2) is 72.8 Å². The van der Waals surface area contributed by atoms with E-state index in [1.807, 2.05) is 80.6 Å². The molecule has 0 radical (unpaired) electrons. The number of nitrogen functional groups attached to an aromatic ring is 1. The molecular formula is C28H34N2O3. The average molecular weight is 447 g/mol. The van der Waals surface area contributed by atoms with Crippen LogP contribution in [0.3, 0.4) is 0 Å². The van der Waals surface area contributed by atoms with Crippen LogP contribution in [0.1, 0.15) is 38.3 Å². The molecule has 3 aromatic rings. The number of carbonyl (C=O) groups is 1. The van der Waals surface area contributed by atoms with Gasteiger partial charge in [-0.25, -0.2) is 4.79 Å². The third-order valence-corrected chi connectivity index (χ3v) is 5.42. The van der Waals surface area contributed by atoms with Gasteiger partial charge in [-0.15, -0.1) is 0 Å². The highest BCUT2D eigenvalue weighted by Crippen LogP contribution is 2.28. The van der Waals surface area contributed by atoms with Gasteiger partial charge in [0.15, 0.2) is 0 Å². The van der Waals surface area contributed by atoms with Crippen molar-refractivity contribution in [3.8, 4) is 16.9 Å². The molecule has 0 saturated carbocycles. The van der Waals surface area contributed by atoms with Gasteiger partial charge in [-0.1, -0.05) is 62.4 Å². The maximum absolute atomic E-state index is 12.5. The maximum atomic E-state index is 12.5. The van der Waals surface area contributed by atoms with E-state index in [-0.39, 0.29) is 6.61 Å². The average Bonchev–Trinajstić information content (AvgIpc) is 2.77. The first-order chi connectivity index (χ1) is 15.7. The second kappa shape index (κ2) is 10.9. The van der Waals surface area contributed by atoms with Crippen molar-refractivity contribution in [2.24, 2.45) is 5.92 Å². The van der Waals surface area contributed by atoms with Crippen LogP contribution in [0.5, 0.6) is 5.75 Å². The van der Waals surface area contributed by atoms with Crippen molar-refractivity contribution < 1.29 is 14.3 Å². The topological polar surface area (TPSA) is 73.6 Å². The van der Waals surface area contributed by atoms with E-state index in [2.05, 4.69) is 25.2 Å². The standard InChI is InChI=1S/C28H34N2O3/c1-20(2)17-28(4,30-27(31)32-18-22-9-6-5-7-10-22)19-33-26-14-13-24(15-21(26)3)23-11-8-12-25(29)16-23/h5-16,20H,17-19,29H2,1-4H3,(H,30,31). The van der Waals surface area contributed by atoms with Crippen molar-refractivity contribution in [1.29, 1.82) is 0 Å². The number of anilines is 1. The Labute approximate surface area is 196 Å². The Hall–Kier alpha value is -3.47. The Morgan fingerprint density at radius 1 is 1.00 bits per heavy atom. The van der Waals surface area contributed by atoms with Gasteiger partial charge in [0.1, 0.15) is 19.0 Å². The molecule has 5 heteroatoms. The minimum Gasteiger partial charge on any atom is -0.491 e. The lowest BCUT2D eigenvalue weighted by Gasteiger charge is -2.32. The van der Waals surface area contributed by atoms with Gasteiger partial charge in [-0.05, 0) is 72.7 Å². The molecule has 0 bridgehead atoms.